The van der Waals surface area contributed by atoms with Gasteiger partial charge in [0.1, 0.15) is 5.54 Å². The molecule has 10 heavy (non-hydrogen) atoms. The van der Waals surface area contributed by atoms with E-state index in [0.29, 0.717) is 0 Å². The second-order valence-electron chi connectivity index (χ2n) is 1.46. The molecule has 0 aliphatic carbocycles. The van der Waals surface area contributed by atoms with Gasteiger partial charge in [-0.25, -0.2) is 0 Å². The number of aliphatic hydroxyl groups excluding tert-OH is 1. The highest BCUT2D eigenvalue weighted by molar-refractivity contribution is 14.3. The summed E-state index contributed by atoms with van der Waals surface area (Å²) in [5, 5.41) is 9.37. The molecule has 0 fully saturated rings. The molecule has 1 atom stereocenters. The van der Waals surface area contributed by atoms with E-state index >= 15 is 0 Å². The first-order valence-corrected chi connectivity index (χ1v) is 8.60. The third kappa shape index (κ3) is 4.24. The predicted molar refractivity (Wildman–Crippen MR) is 95.6 cm³/mol. The van der Waals surface area contributed by atoms with E-state index in [1.165, 1.54) is 0 Å². The Bertz CT molecular complexity index is 115. The van der Waals surface area contributed by atoms with Gasteiger partial charge in [-0.1, -0.05) is 113 Å². The van der Waals surface area contributed by atoms with Crippen LogP contribution in [0.1, 0.15) is 0 Å². The summed E-state index contributed by atoms with van der Waals surface area (Å²) in [7, 11) is 0. The van der Waals surface area contributed by atoms with Crippen LogP contribution in [0.25, 0.3) is 0 Å². The molecule has 0 bridgehead atoms. The van der Waals surface area contributed by atoms with Crippen LogP contribution in [-0.4, -0.2) is 10.1 Å². The normalized spacial score (nSPS) is 17.1. The van der Waals surface area contributed by atoms with Crippen molar-refractivity contribution in [3.63, 3.8) is 0 Å². The largest absolute Gasteiger partial charge is 0.380 e. The van der Waals surface area contributed by atoms with Crippen molar-refractivity contribution < 1.29 is 5.11 Å². The first-order chi connectivity index (χ1) is 4.19. The van der Waals surface area contributed by atoms with Gasteiger partial charge in [-0.05, 0) is 22.6 Å². The Labute approximate surface area is 142 Å². The molecule has 0 aliphatic rings. The van der Waals surface area contributed by atoms with E-state index < -0.39 is 0 Å². The Kier molecular flexibility index (Phi) is 7.79. The van der Waals surface area contributed by atoms with Crippen molar-refractivity contribution >= 4 is 136 Å². The minimum atomic E-state index is -0.322. The summed E-state index contributed by atoms with van der Waals surface area (Å²) in [4.78, 5) is 0. The van der Waals surface area contributed by atoms with Crippen molar-refractivity contribution in [3.05, 3.63) is 0 Å². The molecule has 0 rings (SSSR count). The third-order valence-electron chi connectivity index (χ3n) is 0.677. The van der Waals surface area contributed by atoms with Crippen LogP contribution in [0.2, 0.25) is 0 Å². The van der Waals surface area contributed by atoms with E-state index in [2.05, 4.69) is 113 Å². The molecule has 0 aromatic rings. The van der Waals surface area contributed by atoms with Gasteiger partial charge >= 0.3 is 0 Å². The summed E-state index contributed by atoms with van der Waals surface area (Å²) in [5.41, 5.74) is 0. The molecule has 0 aromatic heterocycles. The van der Waals surface area contributed by atoms with Crippen LogP contribution in [0.4, 0.5) is 0 Å². The maximum absolute atomic E-state index is 9.37. The molecular formula is C3H2I6O. The number of alkyl halides is 6. The molecule has 0 aliphatic heterocycles. The molecule has 0 heterocycles. The van der Waals surface area contributed by atoms with E-state index in [9.17, 15) is 5.11 Å². The van der Waals surface area contributed by atoms with Crippen molar-refractivity contribution in [2.75, 3.05) is 0 Å². The first kappa shape index (κ1) is 14.3. The molecule has 62 valence electrons. The molecule has 1 unspecified atom stereocenters. The highest BCUT2D eigenvalue weighted by Crippen LogP contribution is 2.57. The van der Waals surface area contributed by atoms with Crippen LogP contribution >= 0.6 is 136 Å². The topological polar surface area (TPSA) is 20.2 Å². The molecule has 0 aromatic carbocycles. The smallest absolute Gasteiger partial charge is 0.151 e. The van der Waals surface area contributed by atoms with Crippen molar-refractivity contribution in [2.24, 2.45) is 0 Å². The minimum absolute atomic E-state index is 0.0437. The average molecular weight is 815 g/mol. The van der Waals surface area contributed by atoms with Gasteiger partial charge in [0.05, 0.1) is 0 Å². The highest BCUT2D eigenvalue weighted by atomic mass is 127. The van der Waals surface area contributed by atoms with Crippen molar-refractivity contribution in [3.8, 4) is 0 Å². The van der Waals surface area contributed by atoms with Gasteiger partial charge in [-0.3, -0.25) is 0 Å². The fourth-order valence-corrected chi connectivity index (χ4v) is 3.27. The van der Waals surface area contributed by atoms with Crippen LogP contribution in [0.15, 0.2) is 0 Å². The van der Waals surface area contributed by atoms with Crippen LogP contribution in [0.3, 0.4) is 0 Å². The zero-order valence-corrected chi connectivity index (χ0v) is 17.2. The van der Waals surface area contributed by atoms with Gasteiger partial charge in [-0.2, -0.15) is 0 Å². The Morgan fingerprint density at radius 3 is 1.30 bits per heavy atom. The fraction of sp³-hybridized carbons (Fsp3) is 1.00. The lowest BCUT2D eigenvalue weighted by Gasteiger charge is -2.31. The summed E-state index contributed by atoms with van der Waals surface area (Å²) in [6.45, 7) is 0. The predicted octanol–water partition coefficient (Wildman–Crippen LogP) is 4.26. The maximum Gasteiger partial charge on any atom is 0.151 e. The van der Waals surface area contributed by atoms with Crippen LogP contribution in [-0.2, 0) is 0 Å². The van der Waals surface area contributed by atoms with Gasteiger partial charge in [-0.15, -0.1) is 0 Å². The first-order valence-electron chi connectivity index (χ1n) is 1.96. The third-order valence-corrected chi connectivity index (χ3v) is 15.5. The lowest BCUT2D eigenvalue weighted by molar-refractivity contribution is 0.281. The number of hydrogen-bond donors (Lipinski definition) is 1. The summed E-state index contributed by atoms with van der Waals surface area (Å²) in [5.74, 6) is 0. The van der Waals surface area contributed by atoms with E-state index in [-0.39, 0.29) is 4.97 Å². The second kappa shape index (κ2) is 5.43. The quantitative estimate of drug-likeness (QED) is 0.327. The Morgan fingerprint density at radius 2 is 1.30 bits per heavy atom. The number of hydrogen-bond acceptors (Lipinski definition) is 1. The van der Waals surface area contributed by atoms with Crippen molar-refractivity contribution in [2.45, 2.75) is 4.97 Å². The molecule has 0 radical (unpaired) electrons. The lowest BCUT2D eigenvalue weighted by atomic mass is 10.5. The standard InChI is InChI=1S/C3H2I6O/c4-1(10)2(5,6)3(7,8)9/h1,10H. The number of rotatable bonds is 2. The zero-order valence-electron chi connectivity index (χ0n) is 4.29. The Balaban J connectivity index is 4.40. The maximum atomic E-state index is 9.37. The molecule has 0 saturated carbocycles. The van der Waals surface area contributed by atoms with E-state index in [4.69, 9.17) is 0 Å². The molecule has 0 amide bonds. The molecule has 0 saturated heterocycles. The van der Waals surface area contributed by atoms with Crippen LogP contribution in [0, 0.1) is 0 Å². The number of halogens is 6. The van der Waals surface area contributed by atoms with Crippen LogP contribution < -0.4 is 0 Å². The monoisotopic (exact) mass is 815 g/mol. The Hall–Kier alpha value is 4.34. The van der Waals surface area contributed by atoms with Gasteiger partial charge in [0, 0.05) is 0 Å². The van der Waals surface area contributed by atoms with Crippen molar-refractivity contribution in [1.82, 2.24) is 0 Å². The summed E-state index contributed by atoms with van der Waals surface area (Å²) in [6, 6.07) is 0. The second-order valence-corrected chi connectivity index (χ2v) is 19.2. The molecule has 1 N–H and O–H groups in total. The zero-order chi connectivity index (χ0) is 8.58. The fourth-order valence-electron chi connectivity index (χ4n) is 0.135. The SMILES string of the molecule is OC(I)C(I)(I)C(I)(I)I. The molecular weight excluding hydrogens is 813 g/mol. The van der Waals surface area contributed by atoms with E-state index in [1.807, 2.05) is 22.6 Å². The van der Waals surface area contributed by atoms with E-state index in [1.54, 1.807) is 0 Å². The van der Waals surface area contributed by atoms with Crippen LogP contribution in [0.5, 0.6) is 0 Å². The molecule has 0 spiro atoms. The summed E-state index contributed by atoms with van der Waals surface area (Å²) in [6.07, 6.45) is 0. The molecule has 1 nitrogen and oxygen atoms in total. The highest BCUT2D eigenvalue weighted by Gasteiger charge is 2.47. The number of aliphatic hydroxyl groups is 1. The van der Waals surface area contributed by atoms with Gasteiger partial charge in [0.25, 0.3) is 0 Å². The summed E-state index contributed by atoms with van der Waals surface area (Å²) < 4.78 is -0.399. The van der Waals surface area contributed by atoms with Gasteiger partial charge < -0.3 is 5.11 Å². The van der Waals surface area contributed by atoms with Gasteiger partial charge in [0.15, 0.2) is -0.565 Å². The van der Waals surface area contributed by atoms with E-state index in [0.717, 1.165) is 0 Å². The summed E-state index contributed by atoms with van der Waals surface area (Å²) >= 11 is 13.6. The lowest BCUT2D eigenvalue weighted by Crippen LogP contribution is -2.36. The van der Waals surface area contributed by atoms with Crippen molar-refractivity contribution in [1.29, 1.82) is 0 Å². The Morgan fingerprint density at radius 1 is 1.00 bits per heavy atom. The average Bonchev–Trinajstić information content (AvgIpc) is 1.62. The minimum Gasteiger partial charge on any atom is -0.380 e. The van der Waals surface area contributed by atoms with Gasteiger partial charge in [0.2, 0.25) is 0 Å². The molecule has 7 heteroatoms.